The molecule has 0 aliphatic heterocycles. The summed E-state index contributed by atoms with van der Waals surface area (Å²) in [7, 11) is -3.84. The van der Waals surface area contributed by atoms with E-state index in [0.717, 1.165) is 11.3 Å². The maximum absolute atomic E-state index is 12.5. The van der Waals surface area contributed by atoms with E-state index >= 15 is 0 Å². The zero-order valence-corrected chi connectivity index (χ0v) is 18.0. The number of halogens is 2. The third-order valence-corrected chi connectivity index (χ3v) is 6.19. The summed E-state index contributed by atoms with van der Waals surface area (Å²) in [5, 5.41) is 18.2. The van der Waals surface area contributed by atoms with E-state index in [4.69, 9.17) is 27.9 Å². The van der Waals surface area contributed by atoms with E-state index in [-0.39, 0.29) is 26.0 Å². The van der Waals surface area contributed by atoms with Gasteiger partial charge in [0.2, 0.25) is 5.13 Å². The lowest BCUT2D eigenvalue weighted by molar-refractivity contribution is 0.335. The second-order valence-electron chi connectivity index (χ2n) is 5.49. The maximum atomic E-state index is 12.5. The number of hydrogen-bond donors (Lipinski definition) is 2. The SMILES string of the molecule is CCOc1nnc(NS(=O)(=O)c2ccc(/N=C/c3cc(Cl)cc(Cl)c3O)cc2)s1. The van der Waals surface area contributed by atoms with Crippen LogP contribution in [0.5, 0.6) is 10.9 Å². The fraction of sp³-hybridized carbons (Fsp3) is 0.118. The number of rotatable bonds is 7. The van der Waals surface area contributed by atoms with Crippen LogP contribution < -0.4 is 9.46 Å². The van der Waals surface area contributed by atoms with Gasteiger partial charge in [0.25, 0.3) is 15.2 Å². The van der Waals surface area contributed by atoms with Crippen molar-refractivity contribution in [2.24, 2.45) is 4.99 Å². The van der Waals surface area contributed by atoms with Crippen LogP contribution in [0.25, 0.3) is 0 Å². The predicted molar refractivity (Wildman–Crippen MR) is 114 cm³/mol. The van der Waals surface area contributed by atoms with Crippen LogP contribution in [0.15, 0.2) is 46.3 Å². The van der Waals surface area contributed by atoms with Gasteiger partial charge in [0.1, 0.15) is 5.75 Å². The zero-order chi connectivity index (χ0) is 21.0. The zero-order valence-electron chi connectivity index (χ0n) is 14.8. The highest BCUT2D eigenvalue weighted by Gasteiger charge is 2.17. The second-order valence-corrected chi connectivity index (χ2v) is 8.96. The van der Waals surface area contributed by atoms with Gasteiger partial charge in [0, 0.05) is 16.8 Å². The lowest BCUT2D eigenvalue weighted by Gasteiger charge is -2.05. The Morgan fingerprint density at radius 1 is 1.24 bits per heavy atom. The van der Waals surface area contributed by atoms with Crippen molar-refractivity contribution in [1.29, 1.82) is 0 Å². The summed E-state index contributed by atoms with van der Waals surface area (Å²) in [4.78, 5) is 4.22. The van der Waals surface area contributed by atoms with Crippen LogP contribution in [0.4, 0.5) is 10.8 Å². The number of anilines is 1. The van der Waals surface area contributed by atoms with E-state index in [0.29, 0.717) is 22.9 Å². The van der Waals surface area contributed by atoms with Crippen molar-refractivity contribution >= 4 is 61.6 Å². The third-order valence-electron chi connectivity index (χ3n) is 3.45. The number of aliphatic imine (C=N–C) groups is 1. The molecule has 0 unspecified atom stereocenters. The smallest absolute Gasteiger partial charge is 0.295 e. The lowest BCUT2D eigenvalue weighted by atomic mass is 10.2. The molecule has 12 heteroatoms. The lowest BCUT2D eigenvalue weighted by Crippen LogP contribution is -2.12. The quantitative estimate of drug-likeness (QED) is 0.489. The van der Waals surface area contributed by atoms with Gasteiger partial charge < -0.3 is 9.84 Å². The van der Waals surface area contributed by atoms with E-state index in [2.05, 4.69) is 19.9 Å². The molecular formula is C17H14Cl2N4O4S2. The Hall–Kier alpha value is -2.40. The molecule has 0 saturated heterocycles. The number of nitrogens with zero attached hydrogens (tertiary/aromatic N) is 3. The average molecular weight is 473 g/mol. The molecule has 152 valence electrons. The molecule has 3 aromatic rings. The summed E-state index contributed by atoms with van der Waals surface area (Å²) in [6, 6.07) is 8.74. The van der Waals surface area contributed by atoms with Gasteiger partial charge in [-0.3, -0.25) is 9.71 Å². The first-order valence-corrected chi connectivity index (χ1v) is 11.2. The fourth-order valence-electron chi connectivity index (χ4n) is 2.15. The Balaban J connectivity index is 1.75. The number of phenolic OH excluding ortho intramolecular Hbond substituents is 1. The summed E-state index contributed by atoms with van der Waals surface area (Å²) in [6.07, 6.45) is 1.38. The largest absolute Gasteiger partial charge is 0.506 e. The van der Waals surface area contributed by atoms with Crippen LogP contribution >= 0.6 is 34.5 Å². The minimum Gasteiger partial charge on any atom is -0.506 e. The Bertz CT molecular complexity index is 1150. The first-order valence-electron chi connectivity index (χ1n) is 8.10. The minimum atomic E-state index is -3.84. The molecule has 1 aromatic heterocycles. The molecule has 0 spiro atoms. The molecule has 0 aliphatic carbocycles. The fourth-order valence-corrected chi connectivity index (χ4v) is 4.54. The van der Waals surface area contributed by atoms with Crippen molar-refractivity contribution in [3.63, 3.8) is 0 Å². The number of benzene rings is 2. The number of sulfonamides is 1. The van der Waals surface area contributed by atoms with Crippen LogP contribution in [-0.2, 0) is 10.0 Å². The van der Waals surface area contributed by atoms with E-state index in [1.54, 1.807) is 6.92 Å². The summed E-state index contributed by atoms with van der Waals surface area (Å²) in [6.45, 7) is 2.19. The molecule has 0 atom stereocenters. The monoisotopic (exact) mass is 472 g/mol. The number of phenols is 1. The molecule has 0 fully saturated rings. The van der Waals surface area contributed by atoms with E-state index in [1.165, 1.54) is 42.6 Å². The van der Waals surface area contributed by atoms with Crippen LogP contribution in [-0.4, -0.2) is 36.5 Å². The van der Waals surface area contributed by atoms with Gasteiger partial charge in [-0.25, -0.2) is 8.42 Å². The van der Waals surface area contributed by atoms with Crippen molar-refractivity contribution in [3.05, 3.63) is 52.0 Å². The first kappa shape index (κ1) is 21.3. The standard InChI is InChI=1S/C17H14Cl2N4O4S2/c1-2-27-17-22-21-16(28-17)23-29(25,26)13-5-3-12(4-6-13)20-9-10-7-11(18)8-14(19)15(10)24/h3-9,24H,2H2,1H3,(H,21,23)/b20-9+. The van der Waals surface area contributed by atoms with Crippen LogP contribution in [0.3, 0.4) is 0 Å². The molecule has 1 heterocycles. The molecule has 0 bridgehead atoms. The van der Waals surface area contributed by atoms with Gasteiger partial charge in [-0.2, -0.15) is 0 Å². The number of hydrogen-bond acceptors (Lipinski definition) is 8. The minimum absolute atomic E-state index is 0.0262. The summed E-state index contributed by atoms with van der Waals surface area (Å²) >= 11 is 12.8. The first-order chi connectivity index (χ1) is 13.8. The number of nitrogens with one attached hydrogen (secondary N) is 1. The summed E-state index contributed by atoms with van der Waals surface area (Å²) < 4.78 is 32.4. The Morgan fingerprint density at radius 3 is 2.66 bits per heavy atom. The highest BCUT2D eigenvalue weighted by molar-refractivity contribution is 7.93. The Labute approximate surface area is 180 Å². The molecule has 0 amide bonds. The van der Waals surface area contributed by atoms with E-state index in [1.807, 2.05) is 0 Å². The van der Waals surface area contributed by atoms with Gasteiger partial charge in [0.05, 0.1) is 22.2 Å². The van der Waals surface area contributed by atoms with Crippen molar-refractivity contribution in [2.75, 3.05) is 11.3 Å². The van der Waals surface area contributed by atoms with Gasteiger partial charge >= 0.3 is 0 Å². The molecule has 2 aromatic carbocycles. The van der Waals surface area contributed by atoms with Gasteiger partial charge in [-0.05, 0) is 54.7 Å². The van der Waals surface area contributed by atoms with E-state index in [9.17, 15) is 13.5 Å². The normalized spacial score (nSPS) is 11.7. The molecule has 0 aliphatic rings. The van der Waals surface area contributed by atoms with Gasteiger partial charge in [-0.1, -0.05) is 28.3 Å². The molecule has 2 N–H and O–H groups in total. The average Bonchev–Trinajstić information content (AvgIpc) is 3.10. The third kappa shape index (κ3) is 5.36. The Kier molecular flexibility index (Phi) is 6.58. The Morgan fingerprint density at radius 2 is 1.97 bits per heavy atom. The molecule has 29 heavy (non-hydrogen) atoms. The number of aromatic hydroxyl groups is 1. The van der Waals surface area contributed by atoms with Crippen molar-refractivity contribution in [1.82, 2.24) is 10.2 Å². The van der Waals surface area contributed by atoms with Crippen LogP contribution in [0.2, 0.25) is 10.0 Å². The number of aromatic nitrogens is 2. The topological polar surface area (TPSA) is 114 Å². The van der Waals surface area contributed by atoms with Crippen LogP contribution in [0, 0.1) is 0 Å². The van der Waals surface area contributed by atoms with Crippen molar-refractivity contribution in [3.8, 4) is 10.9 Å². The maximum Gasteiger partial charge on any atom is 0.295 e. The molecule has 0 saturated carbocycles. The predicted octanol–water partition coefficient (Wildman–Crippen LogP) is 4.50. The molecular weight excluding hydrogens is 459 g/mol. The molecule has 0 radical (unpaired) electrons. The highest BCUT2D eigenvalue weighted by Crippen LogP contribution is 2.30. The van der Waals surface area contributed by atoms with Crippen molar-refractivity contribution < 1.29 is 18.3 Å². The van der Waals surface area contributed by atoms with Crippen LogP contribution in [0.1, 0.15) is 12.5 Å². The highest BCUT2D eigenvalue weighted by atomic mass is 35.5. The number of ether oxygens (including phenoxy) is 1. The van der Waals surface area contributed by atoms with E-state index < -0.39 is 10.0 Å². The summed E-state index contributed by atoms with van der Waals surface area (Å²) in [5.41, 5.74) is 0.802. The van der Waals surface area contributed by atoms with Crippen molar-refractivity contribution in [2.45, 2.75) is 11.8 Å². The molecule has 8 nitrogen and oxygen atoms in total. The second kappa shape index (κ2) is 8.95. The van der Waals surface area contributed by atoms with Gasteiger partial charge in [0.15, 0.2) is 0 Å². The summed E-state index contributed by atoms with van der Waals surface area (Å²) in [5.74, 6) is -0.147. The van der Waals surface area contributed by atoms with Gasteiger partial charge in [-0.15, -0.1) is 5.10 Å². The molecule has 3 rings (SSSR count).